The number of hydrogen-bond acceptors (Lipinski definition) is 4. The van der Waals surface area contributed by atoms with Gasteiger partial charge in [-0.15, -0.1) is 0 Å². The molecule has 1 aliphatic heterocycles. The molecule has 0 aromatic heterocycles. The molecule has 0 spiro atoms. The second-order valence-electron chi connectivity index (χ2n) is 6.37. The lowest BCUT2D eigenvalue weighted by Gasteiger charge is -2.36. The number of fused-ring (bicyclic) bond motifs is 1. The molecule has 4 nitrogen and oxygen atoms in total. The number of methoxy groups -OCH3 is 1. The summed E-state index contributed by atoms with van der Waals surface area (Å²) in [7, 11) is 1.60. The number of hydrogen-bond donors (Lipinski definition) is 0. The van der Waals surface area contributed by atoms with Crippen LogP contribution in [-0.2, 0) is 25.6 Å². The van der Waals surface area contributed by atoms with E-state index in [1.54, 1.807) is 7.11 Å². The normalized spacial score (nSPS) is 20.5. The van der Waals surface area contributed by atoms with Gasteiger partial charge in [0, 0.05) is 20.0 Å². The highest BCUT2D eigenvalue weighted by atomic mass is 16.6. The Hall–Kier alpha value is -2.43. The number of esters is 1. The van der Waals surface area contributed by atoms with Crippen LogP contribution in [0, 0.1) is 0 Å². The second kappa shape index (κ2) is 8.79. The molecule has 136 valence electrons. The quantitative estimate of drug-likeness (QED) is 0.738. The van der Waals surface area contributed by atoms with Crippen LogP contribution in [-0.4, -0.2) is 31.9 Å². The molecule has 3 atom stereocenters. The predicted octanol–water partition coefficient (Wildman–Crippen LogP) is 3.96. The van der Waals surface area contributed by atoms with Crippen molar-refractivity contribution < 1.29 is 19.0 Å². The number of ether oxygens (including phenoxy) is 3. The van der Waals surface area contributed by atoms with Crippen LogP contribution in [0.4, 0.5) is 0 Å². The molecule has 4 heteroatoms. The van der Waals surface area contributed by atoms with Crippen molar-refractivity contribution in [3.8, 4) is 0 Å². The van der Waals surface area contributed by atoms with Gasteiger partial charge in [-0.2, -0.15) is 0 Å². The van der Waals surface area contributed by atoms with E-state index in [1.165, 1.54) is 12.5 Å². The Morgan fingerprint density at radius 2 is 1.92 bits per heavy atom. The molecule has 0 aliphatic carbocycles. The minimum absolute atomic E-state index is 0.0281. The highest BCUT2D eigenvalue weighted by Crippen LogP contribution is 2.35. The van der Waals surface area contributed by atoms with Gasteiger partial charge in [0.05, 0.1) is 13.2 Å². The number of carbonyl (C=O) groups is 1. The van der Waals surface area contributed by atoms with Gasteiger partial charge in [0.2, 0.25) is 0 Å². The summed E-state index contributed by atoms with van der Waals surface area (Å²) in [6.07, 6.45) is 3.45. The molecule has 3 rings (SSSR count). The van der Waals surface area contributed by atoms with E-state index in [2.05, 4.69) is 36.4 Å². The van der Waals surface area contributed by atoms with Crippen LogP contribution in [0.15, 0.2) is 60.7 Å². The zero-order chi connectivity index (χ0) is 18.4. The van der Waals surface area contributed by atoms with E-state index in [4.69, 9.17) is 14.2 Å². The predicted molar refractivity (Wildman–Crippen MR) is 101 cm³/mol. The molecule has 0 radical (unpaired) electrons. The summed E-state index contributed by atoms with van der Waals surface area (Å²) in [5.74, 6) is -0.361. The summed E-state index contributed by atoms with van der Waals surface area (Å²) >= 11 is 0. The lowest BCUT2D eigenvalue weighted by Crippen LogP contribution is -2.42. The van der Waals surface area contributed by atoms with Crippen LogP contribution in [0.2, 0.25) is 0 Å². The van der Waals surface area contributed by atoms with Crippen molar-refractivity contribution in [2.75, 3.05) is 13.7 Å². The van der Waals surface area contributed by atoms with Gasteiger partial charge in [0.1, 0.15) is 6.10 Å². The Kier molecular flexibility index (Phi) is 6.21. The minimum Gasteiger partial charge on any atom is -0.457 e. The lowest BCUT2D eigenvalue weighted by molar-refractivity contribution is -0.162. The summed E-state index contributed by atoms with van der Waals surface area (Å²) in [6, 6.07) is 18.4. The van der Waals surface area contributed by atoms with Gasteiger partial charge >= 0.3 is 5.97 Å². The minimum atomic E-state index is -0.462. The van der Waals surface area contributed by atoms with E-state index in [0.717, 1.165) is 11.1 Å². The first-order chi connectivity index (χ1) is 12.7. The molecule has 0 saturated heterocycles. The van der Waals surface area contributed by atoms with Crippen molar-refractivity contribution >= 4 is 12.0 Å². The van der Waals surface area contributed by atoms with E-state index < -0.39 is 6.10 Å². The standard InChI is InChI=1S/C22H24O4/c1-16(23)26-21(15-24-2)22-20(13-12-17-8-4-3-5-9-17)19-11-7-6-10-18(19)14-25-22/h3-13,20-22H,14-15H2,1-2H3/b13-12+/t20-,21+,22-/m0/s1. The van der Waals surface area contributed by atoms with E-state index in [1.807, 2.05) is 30.3 Å². The van der Waals surface area contributed by atoms with Crippen molar-refractivity contribution in [2.45, 2.75) is 31.7 Å². The fourth-order valence-corrected chi connectivity index (χ4v) is 3.36. The van der Waals surface area contributed by atoms with Crippen molar-refractivity contribution in [3.63, 3.8) is 0 Å². The Morgan fingerprint density at radius 1 is 1.19 bits per heavy atom. The summed E-state index contributed by atoms with van der Waals surface area (Å²) < 4.78 is 16.9. The molecule has 0 N–H and O–H groups in total. The molecule has 1 aliphatic rings. The molecular formula is C22H24O4. The van der Waals surface area contributed by atoms with Crippen molar-refractivity contribution in [2.24, 2.45) is 0 Å². The topological polar surface area (TPSA) is 44.8 Å². The third-order valence-corrected chi connectivity index (χ3v) is 4.51. The third-order valence-electron chi connectivity index (χ3n) is 4.51. The number of benzene rings is 2. The molecule has 0 bridgehead atoms. The average molecular weight is 352 g/mol. The maximum atomic E-state index is 11.6. The van der Waals surface area contributed by atoms with E-state index >= 15 is 0 Å². The zero-order valence-electron chi connectivity index (χ0n) is 15.1. The van der Waals surface area contributed by atoms with E-state index in [0.29, 0.717) is 13.2 Å². The molecule has 26 heavy (non-hydrogen) atoms. The lowest BCUT2D eigenvalue weighted by atomic mass is 9.84. The summed E-state index contributed by atoms with van der Waals surface area (Å²) in [4.78, 5) is 11.6. The number of carbonyl (C=O) groups excluding carboxylic acids is 1. The number of rotatable bonds is 6. The maximum absolute atomic E-state index is 11.6. The van der Waals surface area contributed by atoms with Gasteiger partial charge in [-0.05, 0) is 16.7 Å². The Balaban J connectivity index is 1.94. The van der Waals surface area contributed by atoms with Crippen LogP contribution in [0.3, 0.4) is 0 Å². The highest BCUT2D eigenvalue weighted by Gasteiger charge is 2.36. The van der Waals surface area contributed by atoms with Gasteiger partial charge < -0.3 is 14.2 Å². The molecule has 1 heterocycles. The van der Waals surface area contributed by atoms with Crippen molar-refractivity contribution in [3.05, 3.63) is 77.4 Å². The molecular weight excluding hydrogens is 328 g/mol. The van der Waals surface area contributed by atoms with E-state index in [-0.39, 0.29) is 18.0 Å². The fourth-order valence-electron chi connectivity index (χ4n) is 3.36. The summed E-state index contributed by atoms with van der Waals surface area (Å²) in [5, 5.41) is 0. The second-order valence-corrected chi connectivity index (χ2v) is 6.37. The Morgan fingerprint density at radius 3 is 2.65 bits per heavy atom. The molecule has 0 amide bonds. The Bertz CT molecular complexity index is 754. The van der Waals surface area contributed by atoms with Crippen LogP contribution in [0.25, 0.3) is 6.08 Å². The first-order valence-electron chi connectivity index (χ1n) is 8.78. The SMILES string of the molecule is COC[C@@H](OC(C)=O)[C@H]1OCc2ccccc2[C@@H]1/C=C/c1ccccc1. The summed E-state index contributed by atoms with van der Waals surface area (Å²) in [5.41, 5.74) is 3.47. The smallest absolute Gasteiger partial charge is 0.303 e. The average Bonchev–Trinajstić information content (AvgIpc) is 2.66. The molecule has 0 fully saturated rings. The van der Waals surface area contributed by atoms with Gasteiger partial charge in [0.15, 0.2) is 6.10 Å². The maximum Gasteiger partial charge on any atom is 0.303 e. The largest absolute Gasteiger partial charge is 0.457 e. The van der Waals surface area contributed by atoms with Gasteiger partial charge in [-0.1, -0.05) is 66.7 Å². The zero-order valence-corrected chi connectivity index (χ0v) is 15.1. The van der Waals surface area contributed by atoms with Crippen LogP contribution in [0.1, 0.15) is 29.5 Å². The molecule has 2 aromatic carbocycles. The van der Waals surface area contributed by atoms with Crippen molar-refractivity contribution in [1.82, 2.24) is 0 Å². The van der Waals surface area contributed by atoms with E-state index in [9.17, 15) is 4.79 Å². The van der Waals surface area contributed by atoms with Gasteiger partial charge in [-0.3, -0.25) is 4.79 Å². The Labute approximate surface area is 154 Å². The summed E-state index contributed by atoms with van der Waals surface area (Å²) in [6.45, 7) is 2.20. The van der Waals surface area contributed by atoms with Crippen molar-refractivity contribution in [1.29, 1.82) is 0 Å². The molecule has 0 unspecified atom stereocenters. The molecule has 2 aromatic rings. The first-order valence-corrected chi connectivity index (χ1v) is 8.78. The van der Waals surface area contributed by atoms with Gasteiger partial charge in [-0.25, -0.2) is 0 Å². The fraction of sp³-hybridized carbons (Fsp3) is 0.318. The van der Waals surface area contributed by atoms with Gasteiger partial charge in [0.25, 0.3) is 0 Å². The van der Waals surface area contributed by atoms with Crippen LogP contribution >= 0.6 is 0 Å². The highest BCUT2D eigenvalue weighted by molar-refractivity contribution is 5.66. The van der Waals surface area contributed by atoms with Crippen LogP contribution < -0.4 is 0 Å². The third kappa shape index (κ3) is 4.40. The monoisotopic (exact) mass is 352 g/mol. The van der Waals surface area contributed by atoms with Crippen LogP contribution in [0.5, 0.6) is 0 Å². The molecule has 0 saturated carbocycles. The first kappa shape index (κ1) is 18.4.